The largest absolute Gasteiger partial charge is 0.393 e. The molecule has 0 saturated carbocycles. The van der Waals surface area contributed by atoms with E-state index in [-0.39, 0.29) is 6.10 Å². The summed E-state index contributed by atoms with van der Waals surface area (Å²) < 4.78 is 0. The fourth-order valence-electron chi connectivity index (χ4n) is 1.34. The van der Waals surface area contributed by atoms with Crippen LogP contribution in [0.15, 0.2) is 24.3 Å². The van der Waals surface area contributed by atoms with Crippen LogP contribution in [0.5, 0.6) is 0 Å². The van der Waals surface area contributed by atoms with Crippen molar-refractivity contribution in [2.75, 3.05) is 6.54 Å². The van der Waals surface area contributed by atoms with Crippen molar-refractivity contribution in [3.05, 3.63) is 35.4 Å². The van der Waals surface area contributed by atoms with E-state index in [1.54, 1.807) is 0 Å². The van der Waals surface area contributed by atoms with Gasteiger partial charge in [-0.25, -0.2) is 0 Å². The number of aliphatic hydroxyl groups excluding tert-OH is 1. The number of nitrogens with one attached hydrogen (secondary N) is 1. The maximum Gasteiger partial charge on any atom is 0.0524 e. The SMILES string of the molecule is Cc1ccccc1CNCCC(C)O. The van der Waals surface area contributed by atoms with Gasteiger partial charge in [-0.15, -0.1) is 0 Å². The van der Waals surface area contributed by atoms with Crippen molar-refractivity contribution in [2.45, 2.75) is 32.9 Å². The highest BCUT2D eigenvalue weighted by molar-refractivity contribution is 5.25. The molecule has 0 spiro atoms. The molecule has 1 aromatic rings. The van der Waals surface area contributed by atoms with Crippen LogP contribution in [0.4, 0.5) is 0 Å². The average molecular weight is 193 g/mol. The Bertz CT molecular complexity index is 271. The van der Waals surface area contributed by atoms with Gasteiger partial charge in [0.15, 0.2) is 0 Å². The summed E-state index contributed by atoms with van der Waals surface area (Å²) in [7, 11) is 0. The first kappa shape index (κ1) is 11.2. The molecule has 0 amide bonds. The van der Waals surface area contributed by atoms with Crippen molar-refractivity contribution in [1.29, 1.82) is 0 Å². The van der Waals surface area contributed by atoms with Crippen molar-refractivity contribution < 1.29 is 5.11 Å². The Kier molecular flexibility index (Phi) is 4.63. The first-order valence-corrected chi connectivity index (χ1v) is 5.13. The van der Waals surface area contributed by atoms with Crippen molar-refractivity contribution in [2.24, 2.45) is 0 Å². The lowest BCUT2D eigenvalue weighted by Crippen LogP contribution is -2.19. The van der Waals surface area contributed by atoms with E-state index in [0.29, 0.717) is 0 Å². The molecule has 78 valence electrons. The molecule has 0 saturated heterocycles. The van der Waals surface area contributed by atoms with E-state index in [0.717, 1.165) is 19.5 Å². The van der Waals surface area contributed by atoms with E-state index < -0.39 is 0 Å². The van der Waals surface area contributed by atoms with Gasteiger partial charge in [0.2, 0.25) is 0 Å². The summed E-state index contributed by atoms with van der Waals surface area (Å²) in [5.41, 5.74) is 2.65. The van der Waals surface area contributed by atoms with Gasteiger partial charge in [-0.05, 0) is 37.9 Å². The molecule has 0 aliphatic carbocycles. The second-order valence-corrected chi connectivity index (χ2v) is 3.74. The molecule has 1 aromatic carbocycles. The normalized spacial score (nSPS) is 12.8. The summed E-state index contributed by atoms with van der Waals surface area (Å²) >= 11 is 0. The third kappa shape index (κ3) is 3.90. The van der Waals surface area contributed by atoms with Crippen molar-refractivity contribution in [1.82, 2.24) is 5.32 Å². The molecule has 0 radical (unpaired) electrons. The monoisotopic (exact) mass is 193 g/mol. The number of aryl methyl sites for hydroxylation is 1. The predicted molar refractivity (Wildman–Crippen MR) is 59.2 cm³/mol. The first-order chi connectivity index (χ1) is 6.70. The van der Waals surface area contributed by atoms with Crippen LogP contribution in [-0.2, 0) is 6.54 Å². The lowest BCUT2D eigenvalue weighted by molar-refractivity contribution is 0.183. The minimum Gasteiger partial charge on any atom is -0.393 e. The second kappa shape index (κ2) is 5.78. The van der Waals surface area contributed by atoms with Crippen molar-refractivity contribution in [3.8, 4) is 0 Å². The Balaban J connectivity index is 2.28. The molecule has 0 heterocycles. The van der Waals surface area contributed by atoms with E-state index in [1.807, 2.05) is 6.92 Å². The molecule has 0 aromatic heterocycles. The van der Waals surface area contributed by atoms with Gasteiger partial charge in [-0.2, -0.15) is 0 Å². The first-order valence-electron chi connectivity index (χ1n) is 5.13. The van der Waals surface area contributed by atoms with Gasteiger partial charge in [0.25, 0.3) is 0 Å². The minimum atomic E-state index is -0.209. The highest BCUT2D eigenvalue weighted by Gasteiger charge is 1.97. The van der Waals surface area contributed by atoms with Crippen LogP contribution in [-0.4, -0.2) is 17.8 Å². The van der Waals surface area contributed by atoms with E-state index in [2.05, 4.69) is 36.5 Å². The van der Waals surface area contributed by atoms with E-state index >= 15 is 0 Å². The van der Waals surface area contributed by atoms with E-state index in [4.69, 9.17) is 5.11 Å². The van der Waals surface area contributed by atoms with Crippen molar-refractivity contribution >= 4 is 0 Å². The highest BCUT2D eigenvalue weighted by Crippen LogP contribution is 2.05. The number of rotatable bonds is 5. The maximum absolute atomic E-state index is 9.06. The summed E-state index contributed by atoms with van der Waals surface area (Å²) in [5, 5.41) is 12.4. The summed E-state index contributed by atoms with van der Waals surface area (Å²) in [5.74, 6) is 0. The second-order valence-electron chi connectivity index (χ2n) is 3.74. The Hall–Kier alpha value is -0.860. The molecule has 14 heavy (non-hydrogen) atoms. The molecule has 2 heteroatoms. The topological polar surface area (TPSA) is 32.3 Å². The van der Waals surface area contributed by atoms with Crippen LogP contribution in [0.2, 0.25) is 0 Å². The van der Waals surface area contributed by atoms with Gasteiger partial charge in [0, 0.05) is 6.54 Å². The standard InChI is InChI=1S/C12H19NO/c1-10-5-3-4-6-12(10)9-13-8-7-11(2)14/h3-6,11,13-14H,7-9H2,1-2H3. The number of hydrogen-bond donors (Lipinski definition) is 2. The van der Waals surface area contributed by atoms with Gasteiger partial charge in [-0.1, -0.05) is 24.3 Å². The van der Waals surface area contributed by atoms with Crippen molar-refractivity contribution in [3.63, 3.8) is 0 Å². The van der Waals surface area contributed by atoms with Gasteiger partial charge in [-0.3, -0.25) is 0 Å². The van der Waals surface area contributed by atoms with Gasteiger partial charge in [0.05, 0.1) is 6.10 Å². The zero-order chi connectivity index (χ0) is 10.4. The highest BCUT2D eigenvalue weighted by atomic mass is 16.3. The molecule has 1 unspecified atom stereocenters. The van der Waals surface area contributed by atoms with Crippen LogP contribution in [0.25, 0.3) is 0 Å². The van der Waals surface area contributed by atoms with Gasteiger partial charge < -0.3 is 10.4 Å². The van der Waals surface area contributed by atoms with E-state index in [9.17, 15) is 0 Å². The third-order valence-corrected chi connectivity index (χ3v) is 2.32. The molecule has 0 bridgehead atoms. The molecular weight excluding hydrogens is 174 g/mol. The quantitative estimate of drug-likeness (QED) is 0.699. The summed E-state index contributed by atoms with van der Waals surface area (Å²) in [4.78, 5) is 0. The Morgan fingerprint density at radius 2 is 2.07 bits per heavy atom. The average Bonchev–Trinajstić information content (AvgIpc) is 2.15. The van der Waals surface area contributed by atoms with E-state index in [1.165, 1.54) is 11.1 Å². The summed E-state index contributed by atoms with van der Waals surface area (Å²) in [6.07, 6.45) is 0.602. The molecule has 1 rings (SSSR count). The lowest BCUT2D eigenvalue weighted by atomic mass is 10.1. The number of benzene rings is 1. The molecule has 2 nitrogen and oxygen atoms in total. The molecule has 2 N–H and O–H groups in total. The molecule has 0 fully saturated rings. The Labute approximate surface area is 86.0 Å². The number of aliphatic hydroxyl groups is 1. The predicted octanol–water partition coefficient (Wildman–Crippen LogP) is 1.86. The van der Waals surface area contributed by atoms with Crippen LogP contribution in [0.1, 0.15) is 24.5 Å². The Morgan fingerprint density at radius 3 is 2.71 bits per heavy atom. The van der Waals surface area contributed by atoms with Crippen LogP contribution >= 0.6 is 0 Å². The smallest absolute Gasteiger partial charge is 0.0524 e. The maximum atomic E-state index is 9.06. The fourth-order valence-corrected chi connectivity index (χ4v) is 1.34. The molecule has 0 aliphatic heterocycles. The van der Waals surface area contributed by atoms with Gasteiger partial charge in [0.1, 0.15) is 0 Å². The number of hydrogen-bond acceptors (Lipinski definition) is 2. The third-order valence-electron chi connectivity index (χ3n) is 2.32. The van der Waals surface area contributed by atoms with Crippen LogP contribution < -0.4 is 5.32 Å². The van der Waals surface area contributed by atoms with Crippen LogP contribution in [0, 0.1) is 6.92 Å². The minimum absolute atomic E-state index is 0.209. The zero-order valence-corrected chi connectivity index (χ0v) is 8.96. The fraction of sp³-hybridized carbons (Fsp3) is 0.500. The summed E-state index contributed by atoms with van der Waals surface area (Å²) in [6, 6.07) is 8.35. The van der Waals surface area contributed by atoms with Crippen LogP contribution in [0.3, 0.4) is 0 Å². The molecule has 0 aliphatic rings. The lowest BCUT2D eigenvalue weighted by Gasteiger charge is -2.08. The van der Waals surface area contributed by atoms with Gasteiger partial charge >= 0.3 is 0 Å². The Morgan fingerprint density at radius 1 is 1.36 bits per heavy atom. The molecular formula is C12H19NO. The zero-order valence-electron chi connectivity index (χ0n) is 8.96. The summed E-state index contributed by atoms with van der Waals surface area (Å²) in [6.45, 7) is 5.69. The molecule has 1 atom stereocenters.